The molecule has 5 nitrogen and oxygen atoms in total. The third kappa shape index (κ3) is 8.38. The van der Waals surface area contributed by atoms with Crippen molar-refractivity contribution in [1.82, 2.24) is 9.47 Å². The molecular weight excluding hydrogens is 371 g/mol. The van der Waals surface area contributed by atoms with Crippen molar-refractivity contribution in [2.75, 3.05) is 19.7 Å². The summed E-state index contributed by atoms with van der Waals surface area (Å²) in [7, 11) is 0. The van der Waals surface area contributed by atoms with Gasteiger partial charge < -0.3 is 14.4 Å². The number of nitrogens with zero attached hydrogens (tertiary/aromatic N) is 2. The summed E-state index contributed by atoms with van der Waals surface area (Å²) < 4.78 is 20.7. The largest absolute Gasteiger partial charge is 0.463 e. The molecule has 0 aliphatic carbocycles. The summed E-state index contributed by atoms with van der Waals surface area (Å²) in [5.74, 6) is -0.0826. The number of carbonyl (C=O) groups excluding carboxylic acids is 1. The average Bonchev–Trinajstić information content (AvgIpc) is 3.06. The molecule has 1 aromatic carbocycles. The number of carbonyl (C=O) groups is 1. The van der Waals surface area contributed by atoms with Gasteiger partial charge in [-0.1, -0.05) is 32.9 Å². The fourth-order valence-electron chi connectivity index (χ4n) is 3.34. The van der Waals surface area contributed by atoms with Crippen LogP contribution in [0.15, 0.2) is 42.6 Å². The lowest BCUT2D eigenvalue weighted by Gasteiger charge is -2.27. The molecule has 1 aromatic heterocycles. The number of aliphatic hydroxyl groups excluding tert-OH is 1. The highest BCUT2D eigenvalue weighted by atomic mass is 19.1. The van der Waals surface area contributed by atoms with Crippen molar-refractivity contribution in [3.8, 4) is 0 Å². The maximum absolute atomic E-state index is 13.5. The van der Waals surface area contributed by atoms with Crippen LogP contribution in [-0.2, 0) is 22.6 Å². The van der Waals surface area contributed by atoms with Gasteiger partial charge in [-0.15, -0.1) is 0 Å². The van der Waals surface area contributed by atoms with Crippen molar-refractivity contribution < 1.29 is 19.0 Å². The van der Waals surface area contributed by atoms with Gasteiger partial charge in [0.25, 0.3) is 0 Å². The summed E-state index contributed by atoms with van der Waals surface area (Å²) in [6.07, 6.45) is 2.35. The van der Waals surface area contributed by atoms with Crippen molar-refractivity contribution in [1.29, 1.82) is 0 Å². The van der Waals surface area contributed by atoms with Crippen molar-refractivity contribution >= 4 is 5.97 Å². The van der Waals surface area contributed by atoms with Gasteiger partial charge in [0.2, 0.25) is 0 Å². The maximum Gasteiger partial charge on any atom is 0.305 e. The topological polar surface area (TPSA) is 54.7 Å². The second-order valence-electron chi connectivity index (χ2n) is 7.93. The summed E-state index contributed by atoms with van der Waals surface area (Å²) in [5, 5.41) is 10.3. The van der Waals surface area contributed by atoms with E-state index in [1.165, 1.54) is 6.07 Å². The summed E-state index contributed by atoms with van der Waals surface area (Å²) >= 11 is 0. The Hall–Kier alpha value is -2.18. The van der Waals surface area contributed by atoms with E-state index in [2.05, 4.69) is 23.3 Å². The van der Waals surface area contributed by atoms with Gasteiger partial charge in [-0.25, -0.2) is 4.39 Å². The Morgan fingerprint density at radius 1 is 1.24 bits per heavy atom. The van der Waals surface area contributed by atoms with Gasteiger partial charge in [-0.05, 0) is 42.2 Å². The van der Waals surface area contributed by atoms with E-state index in [1.807, 2.05) is 31.3 Å². The van der Waals surface area contributed by atoms with Crippen LogP contribution in [-0.4, -0.2) is 46.3 Å². The van der Waals surface area contributed by atoms with Gasteiger partial charge in [0.05, 0.1) is 0 Å². The molecule has 0 bridgehead atoms. The third-order valence-corrected chi connectivity index (χ3v) is 4.53. The molecule has 6 heteroatoms. The molecule has 1 atom stereocenters. The normalized spacial score (nSPS) is 12.5. The SMILES string of the molecule is CCCC(=O)OCC(O)CN(Cc1cccn1Cc1cccc(F)c1)CC(C)C. The first-order chi connectivity index (χ1) is 13.9. The molecule has 0 saturated heterocycles. The molecule has 2 rings (SSSR count). The van der Waals surface area contributed by atoms with E-state index in [0.717, 1.165) is 24.2 Å². The number of benzene rings is 1. The third-order valence-electron chi connectivity index (χ3n) is 4.53. The molecule has 0 fully saturated rings. The van der Waals surface area contributed by atoms with Crippen LogP contribution in [0.25, 0.3) is 0 Å². The molecule has 0 aliphatic rings. The number of hydrogen-bond acceptors (Lipinski definition) is 4. The standard InChI is InChI=1S/C23H33FN2O3/c1-4-7-23(28)29-17-22(27)16-25(13-18(2)3)15-21-10-6-11-26(21)14-19-8-5-9-20(24)12-19/h5-6,8-12,18,22,27H,4,7,13-17H2,1-3H3. The van der Waals surface area contributed by atoms with E-state index in [1.54, 1.807) is 12.1 Å². The van der Waals surface area contributed by atoms with E-state index < -0.39 is 6.10 Å². The Bertz CT molecular complexity index is 760. The van der Waals surface area contributed by atoms with E-state index in [4.69, 9.17) is 4.74 Å². The Balaban J connectivity index is 1.99. The minimum absolute atomic E-state index is 0.0116. The fourth-order valence-corrected chi connectivity index (χ4v) is 3.34. The van der Waals surface area contributed by atoms with Crippen LogP contribution in [0.2, 0.25) is 0 Å². The quantitative estimate of drug-likeness (QED) is 0.546. The van der Waals surface area contributed by atoms with Crippen LogP contribution in [0.5, 0.6) is 0 Å². The lowest BCUT2D eigenvalue weighted by Crippen LogP contribution is -2.37. The van der Waals surface area contributed by atoms with Gasteiger partial charge >= 0.3 is 5.97 Å². The summed E-state index contributed by atoms with van der Waals surface area (Å²) in [4.78, 5) is 13.7. The first kappa shape index (κ1) is 23.1. The molecule has 0 amide bonds. The number of aromatic nitrogens is 1. The van der Waals surface area contributed by atoms with E-state index in [0.29, 0.717) is 32.0 Å². The lowest BCUT2D eigenvalue weighted by atomic mass is 10.2. The summed E-state index contributed by atoms with van der Waals surface area (Å²) in [6, 6.07) is 10.6. The first-order valence-electron chi connectivity index (χ1n) is 10.3. The number of esters is 1. The van der Waals surface area contributed by atoms with Crippen LogP contribution in [0.3, 0.4) is 0 Å². The number of aliphatic hydroxyl groups is 1. The summed E-state index contributed by atoms with van der Waals surface area (Å²) in [6.45, 7) is 8.67. The molecule has 160 valence electrons. The number of rotatable bonds is 12. The Labute approximate surface area is 173 Å². The van der Waals surface area contributed by atoms with E-state index in [-0.39, 0.29) is 18.4 Å². The van der Waals surface area contributed by atoms with Crippen LogP contribution in [0, 0.1) is 11.7 Å². The van der Waals surface area contributed by atoms with E-state index >= 15 is 0 Å². The number of hydrogen-bond donors (Lipinski definition) is 1. The molecule has 0 spiro atoms. The predicted octanol–water partition coefficient (Wildman–Crippen LogP) is 3.84. The Kier molecular flexibility index (Phi) is 9.35. The van der Waals surface area contributed by atoms with Crippen LogP contribution >= 0.6 is 0 Å². The Morgan fingerprint density at radius 2 is 2.03 bits per heavy atom. The average molecular weight is 405 g/mol. The van der Waals surface area contributed by atoms with Crippen molar-refractivity contribution in [2.24, 2.45) is 5.92 Å². The molecular formula is C23H33FN2O3. The smallest absolute Gasteiger partial charge is 0.305 e. The van der Waals surface area contributed by atoms with Gasteiger partial charge in [0.15, 0.2) is 0 Å². The zero-order valence-electron chi connectivity index (χ0n) is 17.7. The zero-order valence-corrected chi connectivity index (χ0v) is 17.7. The van der Waals surface area contributed by atoms with E-state index in [9.17, 15) is 14.3 Å². The predicted molar refractivity (Wildman–Crippen MR) is 112 cm³/mol. The van der Waals surface area contributed by atoms with Crippen LogP contribution < -0.4 is 0 Å². The lowest BCUT2D eigenvalue weighted by molar-refractivity contribution is -0.147. The van der Waals surface area contributed by atoms with Gasteiger partial charge in [-0.2, -0.15) is 0 Å². The highest BCUT2D eigenvalue weighted by molar-refractivity contribution is 5.69. The minimum Gasteiger partial charge on any atom is -0.463 e. The van der Waals surface area contributed by atoms with Gasteiger partial charge in [0.1, 0.15) is 18.5 Å². The second-order valence-corrected chi connectivity index (χ2v) is 7.93. The number of ether oxygens (including phenoxy) is 1. The summed E-state index contributed by atoms with van der Waals surface area (Å²) in [5.41, 5.74) is 1.99. The molecule has 1 heterocycles. The van der Waals surface area contributed by atoms with Crippen LogP contribution in [0.4, 0.5) is 4.39 Å². The molecule has 0 radical (unpaired) electrons. The molecule has 0 saturated carbocycles. The highest BCUT2D eigenvalue weighted by Crippen LogP contribution is 2.13. The molecule has 0 aliphatic heterocycles. The maximum atomic E-state index is 13.5. The zero-order chi connectivity index (χ0) is 21.2. The monoisotopic (exact) mass is 404 g/mol. The van der Waals surface area contributed by atoms with Crippen LogP contribution in [0.1, 0.15) is 44.9 Å². The molecule has 1 N–H and O–H groups in total. The second kappa shape index (κ2) is 11.7. The molecule has 2 aromatic rings. The highest BCUT2D eigenvalue weighted by Gasteiger charge is 2.17. The van der Waals surface area contributed by atoms with Gasteiger partial charge in [0, 0.05) is 44.5 Å². The van der Waals surface area contributed by atoms with Crippen molar-refractivity contribution in [3.05, 3.63) is 59.7 Å². The van der Waals surface area contributed by atoms with Crippen molar-refractivity contribution in [2.45, 2.75) is 52.8 Å². The first-order valence-corrected chi connectivity index (χ1v) is 10.3. The van der Waals surface area contributed by atoms with Gasteiger partial charge in [-0.3, -0.25) is 9.69 Å². The molecule has 1 unspecified atom stereocenters. The fraction of sp³-hybridized carbons (Fsp3) is 0.522. The molecule has 29 heavy (non-hydrogen) atoms. The minimum atomic E-state index is -0.735. The van der Waals surface area contributed by atoms with Crippen molar-refractivity contribution in [3.63, 3.8) is 0 Å². The Morgan fingerprint density at radius 3 is 2.72 bits per heavy atom. The number of halogens is 1.